The van der Waals surface area contributed by atoms with Gasteiger partial charge in [0.25, 0.3) is 5.91 Å². The minimum atomic E-state index is -0.605. The summed E-state index contributed by atoms with van der Waals surface area (Å²) in [5, 5.41) is 14.8. The van der Waals surface area contributed by atoms with Gasteiger partial charge in [0.1, 0.15) is 5.82 Å². The molecule has 2 aromatic carbocycles. The molecule has 0 saturated carbocycles. The minimum absolute atomic E-state index is 0.0542. The number of aromatic nitrogens is 3. The molecular weight excluding hydrogens is 453 g/mol. The van der Waals surface area contributed by atoms with E-state index in [1.807, 2.05) is 0 Å². The lowest BCUT2D eigenvalue weighted by Crippen LogP contribution is -2.29. The number of benzene rings is 2. The highest BCUT2D eigenvalue weighted by molar-refractivity contribution is 7.99. The van der Waals surface area contributed by atoms with Gasteiger partial charge in [-0.2, -0.15) is 0 Å². The van der Waals surface area contributed by atoms with Gasteiger partial charge in [0, 0.05) is 17.3 Å². The second-order valence-corrected chi connectivity index (χ2v) is 8.14. The predicted octanol–water partition coefficient (Wildman–Crippen LogP) is 4.48. The van der Waals surface area contributed by atoms with Gasteiger partial charge in [-0.3, -0.25) is 9.59 Å². The van der Waals surface area contributed by atoms with E-state index in [0.29, 0.717) is 28.2 Å². The standard InChI is InChI=1S/C22H21ClFN5O2S/c1-3-11-29-20(14(2)25-21(31)17-9-4-5-10-18(17)24)27-28-22(29)32-13-19(30)26-16-8-6-7-15(23)12-16/h3-10,12,14H,1,11,13H2,2H3,(H,25,31)(H,26,30)/t14-/m0/s1. The first-order valence-electron chi connectivity index (χ1n) is 9.66. The first kappa shape index (κ1) is 23.5. The Hall–Kier alpha value is -3.17. The molecule has 0 aliphatic rings. The molecule has 0 radical (unpaired) electrons. The zero-order valence-electron chi connectivity index (χ0n) is 17.2. The summed E-state index contributed by atoms with van der Waals surface area (Å²) in [7, 11) is 0. The predicted molar refractivity (Wildman–Crippen MR) is 123 cm³/mol. The Bertz CT molecular complexity index is 1140. The number of carbonyl (C=O) groups is 2. The molecule has 1 heterocycles. The van der Waals surface area contributed by atoms with E-state index in [4.69, 9.17) is 11.6 Å². The molecule has 32 heavy (non-hydrogen) atoms. The molecule has 3 rings (SSSR count). The van der Waals surface area contributed by atoms with Gasteiger partial charge in [-0.05, 0) is 37.3 Å². The Balaban J connectivity index is 1.67. The molecule has 166 valence electrons. The average Bonchev–Trinajstić information content (AvgIpc) is 3.15. The van der Waals surface area contributed by atoms with Crippen molar-refractivity contribution in [2.24, 2.45) is 0 Å². The number of anilines is 1. The second-order valence-electron chi connectivity index (χ2n) is 6.76. The summed E-state index contributed by atoms with van der Waals surface area (Å²) in [6.45, 7) is 5.84. The maximum absolute atomic E-state index is 13.9. The molecule has 2 N–H and O–H groups in total. The number of hydrogen-bond acceptors (Lipinski definition) is 5. The monoisotopic (exact) mass is 473 g/mol. The van der Waals surface area contributed by atoms with Crippen molar-refractivity contribution >= 4 is 40.9 Å². The lowest BCUT2D eigenvalue weighted by Gasteiger charge is -2.15. The highest BCUT2D eigenvalue weighted by Crippen LogP contribution is 2.22. The van der Waals surface area contributed by atoms with E-state index < -0.39 is 17.8 Å². The van der Waals surface area contributed by atoms with Crippen molar-refractivity contribution in [2.45, 2.75) is 24.7 Å². The number of allylic oxidation sites excluding steroid dienone is 1. The first-order valence-corrected chi connectivity index (χ1v) is 11.0. The molecule has 2 amide bonds. The summed E-state index contributed by atoms with van der Waals surface area (Å²) in [6.07, 6.45) is 1.66. The van der Waals surface area contributed by atoms with Crippen LogP contribution in [-0.2, 0) is 11.3 Å². The van der Waals surface area contributed by atoms with Gasteiger partial charge < -0.3 is 15.2 Å². The lowest BCUT2D eigenvalue weighted by atomic mass is 10.2. The van der Waals surface area contributed by atoms with Crippen LogP contribution in [0.2, 0.25) is 5.02 Å². The third-order valence-electron chi connectivity index (χ3n) is 4.35. The van der Waals surface area contributed by atoms with E-state index in [-0.39, 0.29) is 17.2 Å². The zero-order chi connectivity index (χ0) is 23.1. The van der Waals surface area contributed by atoms with Crippen molar-refractivity contribution < 1.29 is 14.0 Å². The van der Waals surface area contributed by atoms with Gasteiger partial charge in [-0.1, -0.05) is 47.6 Å². The van der Waals surface area contributed by atoms with E-state index in [0.717, 1.165) is 0 Å². The Labute approximate surface area is 194 Å². The Morgan fingerprint density at radius 3 is 2.75 bits per heavy atom. The van der Waals surface area contributed by atoms with Gasteiger partial charge in [-0.25, -0.2) is 4.39 Å². The number of hydrogen-bond donors (Lipinski definition) is 2. The fourth-order valence-corrected chi connectivity index (χ4v) is 3.85. The number of halogens is 2. The van der Waals surface area contributed by atoms with Crippen LogP contribution in [0.25, 0.3) is 0 Å². The quantitative estimate of drug-likeness (QED) is 0.353. The van der Waals surface area contributed by atoms with Crippen molar-refractivity contribution in [3.05, 3.63) is 83.4 Å². The summed E-state index contributed by atoms with van der Waals surface area (Å²) >= 11 is 7.13. The smallest absolute Gasteiger partial charge is 0.254 e. The molecule has 10 heteroatoms. The average molecular weight is 474 g/mol. The van der Waals surface area contributed by atoms with Crippen molar-refractivity contribution in [3.8, 4) is 0 Å². The van der Waals surface area contributed by atoms with Crippen LogP contribution in [0.1, 0.15) is 29.1 Å². The van der Waals surface area contributed by atoms with Crippen LogP contribution in [-0.4, -0.2) is 32.3 Å². The number of rotatable bonds is 9. The van der Waals surface area contributed by atoms with E-state index in [2.05, 4.69) is 27.4 Å². The van der Waals surface area contributed by atoms with Crippen LogP contribution >= 0.6 is 23.4 Å². The SMILES string of the molecule is C=CCn1c(SCC(=O)Nc2cccc(Cl)c2)nnc1[C@H](C)NC(=O)c1ccccc1F. The molecule has 0 aliphatic carbocycles. The van der Waals surface area contributed by atoms with Crippen LogP contribution in [0.15, 0.2) is 66.3 Å². The van der Waals surface area contributed by atoms with E-state index in [1.165, 1.54) is 30.0 Å². The van der Waals surface area contributed by atoms with Crippen LogP contribution in [0, 0.1) is 5.82 Å². The largest absolute Gasteiger partial charge is 0.342 e. The molecule has 0 fully saturated rings. The number of nitrogens with one attached hydrogen (secondary N) is 2. The third kappa shape index (κ3) is 5.95. The molecule has 1 aromatic heterocycles. The molecule has 3 aromatic rings. The normalized spacial score (nSPS) is 11.6. The molecular formula is C22H21ClFN5O2S. The number of nitrogens with zero attached hydrogens (tertiary/aromatic N) is 3. The number of carbonyl (C=O) groups excluding carboxylic acids is 2. The zero-order valence-corrected chi connectivity index (χ0v) is 18.8. The Kier molecular flexibility index (Phi) is 8.02. The highest BCUT2D eigenvalue weighted by Gasteiger charge is 2.21. The van der Waals surface area contributed by atoms with Crippen LogP contribution in [0.4, 0.5) is 10.1 Å². The lowest BCUT2D eigenvalue weighted by molar-refractivity contribution is -0.113. The van der Waals surface area contributed by atoms with Crippen LogP contribution in [0.3, 0.4) is 0 Å². The number of thioether (sulfide) groups is 1. The molecule has 0 aliphatic heterocycles. The second kappa shape index (κ2) is 10.9. The topological polar surface area (TPSA) is 88.9 Å². The molecule has 7 nitrogen and oxygen atoms in total. The van der Waals surface area contributed by atoms with E-state index >= 15 is 0 Å². The maximum Gasteiger partial charge on any atom is 0.254 e. The van der Waals surface area contributed by atoms with Gasteiger partial charge in [0.15, 0.2) is 11.0 Å². The molecule has 0 bridgehead atoms. The Morgan fingerprint density at radius 1 is 1.25 bits per heavy atom. The molecule has 0 spiro atoms. The summed E-state index contributed by atoms with van der Waals surface area (Å²) in [5.41, 5.74) is 0.544. The minimum Gasteiger partial charge on any atom is -0.342 e. The Morgan fingerprint density at radius 2 is 2.03 bits per heavy atom. The molecule has 1 atom stereocenters. The molecule has 0 saturated heterocycles. The van der Waals surface area contributed by atoms with Crippen LogP contribution < -0.4 is 10.6 Å². The highest BCUT2D eigenvalue weighted by atomic mass is 35.5. The van der Waals surface area contributed by atoms with Gasteiger partial charge in [0.05, 0.1) is 17.4 Å². The maximum atomic E-state index is 13.9. The summed E-state index contributed by atoms with van der Waals surface area (Å²) in [6, 6.07) is 12.1. The van der Waals surface area contributed by atoms with Crippen molar-refractivity contribution in [2.75, 3.05) is 11.1 Å². The first-order chi connectivity index (χ1) is 15.4. The third-order valence-corrected chi connectivity index (χ3v) is 5.55. The van der Waals surface area contributed by atoms with Crippen molar-refractivity contribution in [1.29, 1.82) is 0 Å². The van der Waals surface area contributed by atoms with Crippen LogP contribution in [0.5, 0.6) is 0 Å². The number of amides is 2. The van der Waals surface area contributed by atoms with E-state index in [1.54, 1.807) is 47.9 Å². The van der Waals surface area contributed by atoms with E-state index in [9.17, 15) is 14.0 Å². The van der Waals surface area contributed by atoms with Crippen molar-refractivity contribution in [3.63, 3.8) is 0 Å². The summed E-state index contributed by atoms with van der Waals surface area (Å²) in [5.74, 6) is -0.830. The summed E-state index contributed by atoms with van der Waals surface area (Å²) < 4.78 is 15.6. The fourth-order valence-electron chi connectivity index (χ4n) is 2.91. The van der Waals surface area contributed by atoms with Gasteiger partial charge in [-0.15, -0.1) is 16.8 Å². The van der Waals surface area contributed by atoms with Gasteiger partial charge >= 0.3 is 0 Å². The fraction of sp³-hybridized carbons (Fsp3) is 0.182. The van der Waals surface area contributed by atoms with Gasteiger partial charge in [0.2, 0.25) is 5.91 Å². The summed E-state index contributed by atoms with van der Waals surface area (Å²) in [4.78, 5) is 24.7. The van der Waals surface area contributed by atoms with Crippen molar-refractivity contribution in [1.82, 2.24) is 20.1 Å². The molecule has 0 unspecified atom stereocenters.